The maximum atomic E-state index is 12.4. The summed E-state index contributed by atoms with van der Waals surface area (Å²) in [7, 11) is 0. The van der Waals surface area contributed by atoms with Gasteiger partial charge in [-0.3, -0.25) is 24.6 Å². The number of para-hydroxylation sites is 1. The molecule has 9 heteroatoms. The highest BCUT2D eigenvalue weighted by Crippen LogP contribution is 2.34. The quantitative estimate of drug-likeness (QED) is 0.359. The van der Waals surface area contributed by atoms with Gasteiger partial charge in [0.25, 0.3) is 11.6 Å². The van der Waals surface area contributed by atoms with Crippen molar-refractivity contribution in [3.63, 3.8) is 0 Å². The molecule has 0 bridgehead atoms. The van der Waals surface area contributed by atoms with E-state index < -0.39 is 16.8 Å². The van der Waals surface area contributed by atoms with Crippen molar-refractivity contribution in [1.29, 1.82) is 0 Å². The number of nitro benzene ring substituents is 1. The Hall–Kier alpha value is -2.68. The molecule has 2 aliphatic carbocycles. The van der Waals surface area contributed by atoms with Crippen LogP contribution in [-0.4, -0.2) is 52.0 Å². The van der Waals surface area contributed by atoms with Crippen molar-refractivity contribution in [2.75, 3.05) is 18.8 Å². The lowest BCUT2D eigenvalue weighted by Gasteiger charge is -2.42. The molecule has 0 unspecified atom stereocenters. The van der Waals surface area contributed by atoms with Crippen molar-refractivity contribution < 1.29 is 19.6 Å². The lowest BCUT2D eigenvalue weighted by Crippen LogP contribution is -2.55. The van der Waals surface area contributed by atoms with Crippen LogP contribution < -0.4 is 11.1 Å². The number of hydrogen-bond donors (Lipinski definition) is 3. The predicted molar refractivity (Wildman–Crippen MR) is 93.7 cm³/mol. The number of nitrogen functional groups attached to an aromatic ring is 1. The molecule has 0 heterocycles. The van der Waals surface area contributed by atoms with Crippen LogP contribution in [-0.2, 0) is 4.79 Å². The highest BCUT2D eigenvalue weighted by molar-refractivity contribution is 6.01. The van der Waals surface area contributed by atoms with E-state index in [0.717, 1.165) is 19.4 Å². The predicted octanol–water partition coefficient (Wildman–Crippen LogP) is 1.23. The van der Waals surface area contributed by atoms with Crippen LogP contribution in [0.1, 0.15) is 36.0 Å². The second-order valence-corrected chi connectivity index (χ2v) is 7.06. The number of amides is 1. The molecular formula is C17H22N4O5. The number of aliphatic carboxylic acids is 1. The van der Waals surface area contributed by atoms with Crippen LogP contribution in [0, 0.1) is 16.0 Å². The van der Waals surface area contributed by atoms with E-state index >= 15 is 0 Å². The molecule has 1 aromatic rings. The zero-order chi connectivity index (χ0) is 18.8. The first-order chi connectivity index (χ1) is 12.3. The number of rotatable bonds is 8. The average molecular weight is 362 g/mol. The lowest BCUT2D eigenvalue weighted by atomic mass is 9.85. The molecule has 0 aromatic heterocycles. The minimum Gasteiger partial charge on any atom is -0.480 e. The van der Waals surface area contributed by atoms with Crippen molar-refractivity contribution in [3.8, 4) is 0 Å². The number of nitro groups is 1. The Kier molecular flexibility index (Phi) is 5.08. The summed E-state index contributed by atoms with van der Waals surface area (Å²) in [6, 6.07) is 4.20. The Morgan fingerprint density at radius 1 is 1.35 bits per heavy atom. The molecule has 0 aliphatic heterocycles. The topological polar surface area (TPSA) is 139 Å². The summed E-state index contributed by atoms with van der Waals surface area (Å²) in [6.07, 6.45) is 3.63. The molecule has 2 fully saturated rings. The van der Waals surface area contributed by atoms with Crippen molar-refractivity contribution in [3.05, 3.63) is 33.9 Å². The lowest BCUT2D eigenvalue weighted by molar-refractivity contribution is -0.383. The Morgan fingerprint density at radius 2 is 2.04 bits per heavy atom. The van der Waals surface area contributed by atoms with Gasteiger partial charge in [-0.05, 0) is 37.7 Å². The maximum absolute atomic E-state index is 12.4. The number of carboxylic acid groups (broad SMARTS) is 1. The van der Waals surface area contributed by atoms with E-state index in [2.05, 4.69) is 5.32 Å². The number of carbonyl (C=O) groups is 2. The Balaban J connectivity index is 1.56. The third-order valence-corrected chi connectivity index (χ3v) is 5.02. The monoisotopic (exact) mass is 362 g/mol. The zero-order valence-corrected chi connectivity index (χ0v) is 14.3. The van der Waals surface area contributed by atoms with E-state index in [1.54, 1.807) is 0 Å². The summed E-state index contributed by atoms with van der Waals surface area (Å²) in [5, 5.41) is 22.8. The first kappa shape index (κ1) is 18.1. The highest BCUT2D eigenvalue weighted by atomic mass is 16.6. The number of nitrogens with zero attached hydrogens (tertiary/aromatic N) is 2. The molecule has 26 heavy (non-hydrogen) atoms. The van der Waals surface area contributed by atoms with Crippen LogP contribution >= 0.6 is 0 Å². The highest BCUT2D eigenvalue weighted by Gasteiger charge is 2.38. The smallest absolute Gasteiger partial charge is 0.317 e. The van der Waals surface area contributed by atoms with Gasteiger partial charge in [-0.2, -0.15) is 0 Å². The first-order valence-corrected chi connectivity index (χ1v) is 8.64. The largest absolute Gasteiger partial charge is 0.480 e. The molecule has 4 N–H and O–H groups in total. The van der Waals surface area contributed by atoms with Crippen molar-refractivity contribution >= 4 is 23.3 Å². The Labute approximate surface area is 150 Å². The summed E-state index contributed by atoms with van der Waals surface area (Å²) in [5.74, 6) is -0.697. The normalized spacial score (nSPS) is 21.9. The summed E-state index contributed by atoms with van der Waals surface area (Å²) >= 11 is 0. The number of carbonyl (C=O) groups excluding carboxylic acids is 1. The van der Waals surface area contributed by atoms with E-state index in [1.807, 2.05) is 4.90 Å². The number of nitrogens with two attached hydrogens (primary N) is 1. The van der Waals surface area contributed by atoms with Gasteiger partial charge in [-0.1, -0.05) is 6.07 Å². The molecule has 0 saturated heterocycles. The van der Waals surface area contributed by atoms with E-state index in [-0.39, 0.29) is 35.6 Å². The van der Waals surface area contributed by atoms with Gasteiger partial charge in [-0.25, -0.2) is 0 Å². The van der Waals surface area contributed by atoms with Gasteiger partial charge in [0.1, 0.15) is 5.69 Å². The zero-order valence-electron chi connectivity index (χ0n) is 14.3. The van der Waals surface area contributed by atoms with Gasteiger partial charge in [0.15, 0.2) is 0 Å². The Morgan fingerprint density at radius 3 is 2.62 bits per heavy atom. The third-order valence-electron chi connectivity index (χ3n) is 5.02. The van der Waals surface area contributed by atoms with Crippen LogP contribution in [0.25, 0.3) is 0 Å². The van der Waals surface area contributed by atoms with Gasteiger partial charge >= 0.3 is 5.97 Å². The molecule has 1 aromatic carbocycles. The third kappa shape index (κ3) is 4.10. The summed E-state index contributed by atoms with van der Waals surface area (Å²) in [5.41, 5.74) is 5.39. The van der Waals surface area contributed by atoms with Crippen LogP contribution in [0.15, 0.2) is 18.2 Å². The van der Waals surface area contributed by atoms with E-state index in [1.165, 1.54) is 18.2 Å². The fraction of sp³-hybridized carbons (Fsp3) is 0.529. The molecule has 1 amide bonds. The van der Waals surface area contributed by atoms with Gasteiger partial charge < -0.3 is 16.2 Å². The molecule has 0 radical (unpaired) electrons. The molecule has 140 valence electrons. The van der Waals surface area contributed by atoms with Gasteiger partial charge in [-0.15, -0.1) is 0 Å². The van der Waals surface area contributed by atoms with Crippen LogP contribution in [0.3, 0.4) is 0 Å². The molecule has 3 rings (SSSR count). The van der Waals surface area contributed by atoms with Crippen LogP contribution in [0.4, 0.5) is 11.4 Å². The van der Waals surface area contributed by atoms with Crippen molar-refractivity contribution in [1.82, 2.24) is 10.2 Å². The standard InChI is InChI=1S/C17H22N4O5/c18-16-13(2-1-3-14(16)21(25)26)17(24)19-11-6-12(7-11)20(9-15(22)23)8-10-4-5-10/h1-3,10-12H,4-9,18H2,(H,19,24)(H,22,23). The SMILES string of the molecule is Nc1c(C(=O)NC2CC(N(CC(=O)O)CC3CC3)C2)cccc1[N+](=O)[O-]. The molecule has 9 nitrogen and oxygen atoms in total. The fourth-order valence-corrected chi connectivity index (χ4v) is 3.33. The van der Waals surface area contributed by atoms with Crippen molar-refractivity contribution in [2.45, 2.75) is 37.8 Å². The van der Waals surface area contributed by atoms with E-state index in [9.17, 15) is 19.7 Å². The first-order valence-electron chi connectivity index (χ1n) is 8.64. The van der Waals surface area contributed by atoms with Crippen molar-refractivity contribution in [2.24, 2.45) is 5.92 Å². The average Bonchev–Trinajstić information content (AvgIpc) is 3.33. The number of hydrogen-bond acceptors (Lipinski definition) is 6. The van der Waals surface area contributed by atoms with E-state index in [0.29, 0.717) is 18.8 Å². The summed E-state index contributed by atoms with van der Waals surface area (Å²) in [4.78, 5) is 35.7. The number of nitrogens with one attached hydrogen (secondary N) is 1. The minimum atomic E-state index is -0.845. The molecule has 0 spiro atoms. The molecular weight excluding hydrogens is 340 g/mol. The van der Waals surface area contributed by atoms with Gasteiger partial charge in [0.2, 0.25) is 0 Å². The van der Waals surface area contributed by atoms with Crippen LogP contribution in [0.2, 0.25) is 0 Å². The number of benzene rings is 1. The number of anilines is 1. The molecule has 0 atom stereocenters. The number of carboxylic acids is 1. The summed E-state index contributed by atoms with van der Waals surface area (Å²) < 4.78 is 0. The Bertz CT molecular complexity index is 728. The fourth-order valence-electron chi connectivity index (χ4n) is 3.33. The summed E-state index contributed by atoms with van der Waals surface area (Å²) in [6.45, 7) is 0.801. The second-order valence-electron chi connectivity index (χ2n) is 7.06. The van der Waals surface area contributed by atoms with Crippen LogP contribution in [0.5, 0.6) is 0 Å². The maximum Gasteiger partial charge on any atom is 0.317 e. The van der Waals surface area contributed by atoms with Gasteiger partial charge in [0.05, 0.1) is 17.0 Å². The molecule has 2 saturated carbocycles. The molecule has 2 aliphatic rings. The van der Waals surface area contributed by atoms with Gasteiger partial charge in [0, 0.05) is 24.7 Å². The second kappa shape index (κ2) is 7.28. The minimum absolute atomic E-state index is 0.0136. The van der Waals surface area contributed by atoms with E-state index in [4.69, 9.17) is 10.8 Å².